The summed E-state index contributed by atoms with van der Waals surface area (Å²) in [7, 11) is 0. The molecule has 2 heterocycles. The molecule has 2 rings (SSSR count). The van der Waals surface area contributed by atoms with E-state index >= 15 is 0 Å². The van der Waals surface area contributed by atoms with Crippen LogP contribution in [0, 0.1) is 13.8 Å². The van der Waals surface area contributed by atoms with Crippen LogP contribution in [0.25, 0.3) is 0 Å². The lowest BCUT2D eigenvalue weighted by molar-refractivity contribution is -0.116. The molecule has 0 spiro atoms. The minimum Gasteiger partial charge on any atom is -0.340 e. The normalized spacial score (nSPS) is 10.4. The minimum atomic E-state index is -0.104. The highest BCUT2D eigenvalue weighted by Gasteiger charge is 2.07. The Kier molecular flexibility index (Phi) is 3.67. The van der Waals surface area contributed by atoms with Crippen LogP contribution in [0.4, 0.5) is 5.82 Å². The van der Waals surface area contributed by atoms with Crippen molar-refractivity contribution in [2.75, 3.05) is 5.32 Å². The maximum atomic E-state index is 11.9. The fourth-order valence-electron chi connectivity index (χ4n) is 1.72. The number of rotatable bonds is 3. The summed E-state index contributed by atoms with van der Waals surface area (Å²) in [5.74, 6) is 0.402. The van der Waals surface area contributed by atoms with Gasteiger partial charge < -0.3 is 9.88 Å². The molecule has 0 bridgehead atoms. The average Bonchev–Trinajstić information content (AvgIpc) is 2.64. The van der Waals surface area contributed by atoms with E-state index in [-0.39, 0.29) is 12.5 Å². The second kappa shape index (κ2) is 5.23. The van der Waals surface area contributed by atoms with Crippen LogP contribution in [-0.4, -0.2) is 15.5 Å². The first-order valence-electron chi connectivity index (χ1n) is 5.60. The molecule has 2 aromatic heterocycles. The van der Waals surface area contributed by atoms with E-state index in [0.717, 1.165) is 11.4 Å². The number of halogens is 1. The Morgan fingerprint density at radius 3 is 2.50 bits per heavy atom. The van der Waals surface area contributed by atoms with Crippen LogP contribution >= 0.6 is 11.6 Å². The zero-order chi connectivity index (χ0) is 13.1. The van der Waals surface area contributed by atoms with Gasteiger partial charge in [0.05, 0.1) is 5.02 Å². The molecule has 0 saturated carbocycles. The van der Waals surface area contributed by atoms with Gasteiger partial charge in [-0.25, -0.2) is 4.98 Å². The maximum Gasteiger partial charge on any atom is 0.245 e. The van der Waals surface area contributed by atoms with Gasteiger partial charge in [-0.05, 0) is 38.1 Å². The number of aromatic nitrogens is 2. The van der Waals surface area contributed by atoms with Gasteiger partial charge in [0.1, 0.15) is 12.4 Å². The zero-order valence-corrected chi connectivity index (χ0v) is 11.0. The second-order valence-corrected chi connectivity index (χ2v) is 4.55. The van der Waals surface area contributed by atoms with Crippen molar-refractivity contribution < 1.29 is 4.79 Å². The molecule has 4 nitrogen and oxygen atoms in total. The number of amides is 1. The first kappa shape index (κ1) is 12.6. The molecular formula is C13H14ClN3O. The summed E-state index contributed by atoms with van der Waals surface area (Å²) in [5.41, 5.74) is 2.12. The molecule has 1 N–H and O–H groups in total. The summed E-state index contributed by atoms with van der Waals surface area (Å²) < 4.78 is 1.95. The molecule has 0 fully saturated rings. The smallest absolute Gasteiger partial charge is 0.245 e. The summed E-state index contributed by atoms with van der Waals surface area (Å²) in [6, 6.07) is 7.35. The predicted molar refractivity (Wildman–Crippen MR) is 71.8 cm³/mol. The summed E-state index contributed by atoms with van der Waals surface area (Å²) in [4.78, 5) is 15.9. The zero-order valence-electron chi connectivity index (χ0n) is 10.3. The van der Waals surface area contributed by atoms with E-state index in [2.05, 4.69) is 10.3 Å². The number of anilines is 1. The summed E-state index contributed by atoms with van der Waals surface area (Å²) in [5, 5.41) is 3.28. The van der Waals surface area contributed by atoms with Crippen LogP contribution in [0.15, 0.2) is 30.5 Å². The molecule has 0 aliphatic carbocycles. The van der Waals surface area contributed by atoms with Gasteiger partial charge in [0.15, 0.2) is 0 Å². The topological polar surface area (TPSA) is 46.9 Å². The number of hydrogen-bond acceptors (Lipinski definition) is 2. The molecule has 18 heavy (non-hydrogen) atoms. The third kappa shape index (κ3) is 2.90. The molecule has 0 aromatic carbocycles. The first-order valence-corrected chi connectivity index (χ1v) is 5.98. The molecule has 0 saturated heterocycles. The predicted octanol–water partition coefficient (Wildman–Crippen LogP) is 2.79. The lowest BCUT2D eigenvalue weighted by Gasteiger charge is -2.09. The highest BCUT2D eigenvalue weighted by molar-refractivity contribution is 6.30. The number of aryl methyl sites for hydroxylation is 2. The van der Waals surface area contributed by atoms with E-state index in [9.17, 15) is 4.79 Å². The van der Waals surface area contributed by atoms with Crippen molar-refractivity contribution >= 4 is 23.3 Å². The lowest BCUT2D eigenvalue weighted by atomic mass is 10.4. The van der Waals surface area contributed by atoms with E-state index in [4.69, 9.17) is 11.6 Å². The standard InChI is InChI=1S/C13H14ClN3O/c1-9-3-4-10(2)17(9)8-13(18)16-12-6-5-11(14)7-15-12/h3-7H,8H2,1-2H3,(H,15,16,18). The Hall–Kier alpha value is -1.81. The highest BCUT2D eigenvalue weighted by atomic mass is 35.5. The van der Waals surface area contributed by atoms with Crippen LogP contribution in [0.1, 0.15) is 11.4 Å². The summed E-state index contributed by atoms with van der Waals surface area (Å²) >= 11 is 5.73. The number of nitrogens with zero attached hydrogens (tertiary/aromatic N) is 2. The molecule has 5 heteroatoms. The Labute approximate surface area is 111 Å². The van der Waals surface area contributed by atoms with Gasteiger partial charge in [-0.15, -0.1) is 0 Å². The molecule has 94 valence electrons. The molecule has 0 aliphatic heterocycles. The van der Waals surface area contributed by atoms with Gasteiger partial charge in [-0.3, -0.25) is 4.79 Å². The Balaban J connectivity index is 2.03. The fraction of sp³-hybridized carbons (Fsp3) is 0.231. The van der Waals surface area contributed by atoms with E-state index < -0.39 is 0 Å². The van der Waals surface area contributed by atoms with Crippen molar-refractivity contribution in [1.82, 2.24) is 9.55 Å². The van der Waals surface area contributed by atoms with E-state index in [1.807, 2.05) is 30.5 Å². The number of carbonyl (C=O) groups is 1. The van der Waals surface area contributed by atoms with Gasteiger partial charge in [-0.1, -0.05) is 11.6 Å². The second-order valence-electron chi connectivity index (χ2n) is 4.11. The van der Waals surface area contributed by atoms with Gasteiger partial charge in [0.2, 0.25) is 5.91 Å². The van der Waals surface area contributed by atoms with Crippen LogP contribution < -0.4 is 5.32 Å². The molecule has 0 radical (unpaired) electrons. The van der Waals surface area contributed by atoms with Gasteiger partial charge in [0, 0.05) is 17.6 Å². The van der Waals surface area contributed by atoms with Crippen LogP contribution in [-0.2, 0) is 11.3 Å². The van der Waals surface area contributed by atoms with E-state index in [1.54, 1.807) is 12.1 Å². The van der Waals surface area contributed by atoms with Crippen LogP contribution in [0.3, 0.4) is 0 Å². The number of pyridine rings is 1. The maximum absolute atomic E-state index is 11.9. The van der Waals surface area contributed by atoms with Crippen LogP contribution in [0.5, 0.6) is 0 Å². The molecule has 1 amide bonds. The third-order valence-electron chi connectivity index (χ3n) is 2.71. The Bertz CT molecular complexity index is 541. The number of nitrogens with one attached hydrogen (secondary N) is 1. The molecule has 0 atom stereocenters. The van der Waals surface area contributed by atoms with Gasteiger partial charge >= 0.3 is 0 Å². The van der Waals surface area contributed by atoms with E-state index in [0.29, 0.717) is 10.8 Å². The van der Waals surface area contributed by atoms with Crippen molar-refractivity contribution in [2.24, 2.45) is 0 Å². The number of hydrogen-bond donors (Lipinski definition) is 1. The SMILES string of the molecule is Cc1ccc(C)n1CC(=O)Nc1ccc(Cl)cn1. The highest BCUT2D eigenvalue weighted by Crippen LogP contribution is 2.10. The van der Waals surface area contributed by atoms with Crippen molar-refractivity contribution in [1.29, 1.82) is 0 Å². The van der Waals surface area contributed by atoms with Gasteiger partial charge in [0.25, 0.3) is 0 Å². The summed E-state index contributed by atoms with van der Waals surface area (Å²) in [6.45, 7) is 4.23. The minimum absolute atomic E-state index is 0.104. The Morgan fingerprint density at radius 1 is 1.28 bits per heavy atom. The molecule has 2 aromatic rings. The Morgan fingerprint density at radius 2 is 1.94 bits per heavy atom. The van der Waals surface area contributed by atoms with Crippen LogP contribution in [0.2, 0.25) is 5.02 Å². The van der Waals surface area contributed by atoms with Crippen molar-refractivity contribution in [3.05, 3.63) is 46.9 Å². The average molecular weight is 264 g/mol. The number of carbonyl (C=O) groups excluding carboxylic acids is 1. The monoisotopic (exact) mass is 263 g/mol. The molecule has 0 aliphatic rings. The van der Waals surface area contributed by atoms with Gasteiger partial charge in [-0.2, -0.15) is 0 Å². The van der Waals surface area contributed by atoms with Crippen molar-refractivity contribution in [3.63, 3.8) is 0 Å². The summed E-state index contributed by atoms with van der Waals surface area (Å²) in [6.07, 6.45) is 1.50. The molecule has 0 unspecified atom stereocenters. The first-order chi connectivity index (χ1) is 8.56. The quantitative estimate of drug-likeness (QED) is 0.926. The molecular weight excluding hydrogens is 250 g/mol. The fourth-order valence-corrected chi connectivity index (χ4v) is 1.84. The lowest BCUT2D eigenvalue weighted by Crippen LogP contribution is -2.20. The largest absolute Gasteiger partial charge is 0.340 e. The van der Waals surface area contributed by atoms with Crippen molar-refractivity contribution in [2.45, 2.75) is 20.4 Å². The van der Waals surface area contributed by atoms with E-state index in [1.165, 1.54) is 6.20 Å². The van der Waals surface area contributed by atoms with Crippen molar-refractivity contribution in [3.8, 4) is 0 Å². The third-order valence-corrected chi connectivity index (χ3v) is 2.94.